The van der Waals surface area contributed by atoms with Crippen molar-refractivity contribution >= 4 is 21.6 Å². The molecule has 1 atom stereocenters. The van der Waals surface area contributed by atoms with Crippen molar-refractivity contribution in [3.8, 4) is 5.75 Å². The number of methoxy groups -OCH3 is 1. The van der Waals surface area contributed by atoms with Gasteiger partial charge >= 0.3 is 0 Å². The minimum Gasteiger partial charge on any atom is -0.496 e. The summed E-state index contributed by atoms with van der Waals surface area (Å²) in [4.78, 5) is 12.6. The van der Waals surface area contributed by atoms with Crippen molar-refractivity contribution in [3.63, 3.8) is 0 Å². The normalized spacial score (nSPS) is 12.3. The first kappa shape index (κ1) is 20.8. The van der Waals surface area contributed by atoms with Crippen LogP contribution in [0, 0.1) is 13.8 Å². The molecule has 0 heterocycles. The van der Waals surface area contributed by atoms with Gasteiger partial charge in [-0.25, -0.2) is 8.42 Å². The lowest BCUT2D eigenvalue weighted by molar-refractivity contribution is -0.120. The molecule has 0 aliphatic carbocycles. The molecule has 1 N–H and O–H groups in total. The molecule has 0 fully saturated rings. The molecule has 146 valence electrons. The fraction of sp³-hybridized carbons (Fsp3) is 0.350. The number of carbonyl (C=O) groups is 1. The molecule has 0 aliphatic rings. The van der Waals surface area contributed by atoms with E-state index in [2.05, 4.69) is 5.32 Å². The summed E-state index contributed by atoms with van der Waals surface area (Å²) in [7, 11) is -2.05. The van der Waals surface area contributed by atoms with Gasteiger partial charge in [0.15, 0.2) is 0 Å². The minimum atomic E-state index is -3.61. The molecule has 27 heavy (non-hydrogen) atoms. The molecule has 0 saturated carbocycles. The van der Waals surface area contributed by atoms with Crippen LogP contribution in [0.3, 0.4) is 0 Å². The summed E-state index contributed by atoms with van der Waals surface area (Å²) >= 11 is 0. The summed E-state index contributed by atoms with van der Waals surface area (Å²) in [5.41, 5.74) is 3.15. The summed E-state index contributed by atoms with van der Waals surface area (Å²) in [6, 6.07) is 12.5. The molecular formula is C20H26N2O4S. The largest absolute Gasteiger partial charge is 0.496 e. The SMILES string of the molecule is COc1ccccc1[C@H](C)NC(=O)CN(c1ccc(C)cc1C)S(C)(=O)=O. The highest BCUT2D eigenvalue weighted by atomic mass is 32.2. The fourth-order valence-corrected chi connectivity index (χ4v) is 3.90. The Labute approximate surface area is 161 Å². The zero-order valence-electron chi connectivity index (χ0n) is 16.3. The van der Waals surface area contributed by atoms with E-state index in [0.717, 1.165) is 27.3 Å². The topological polar surface area (TPSA) is 75.7 Å². The lowest BCUT2D eigenvalue weighted by atomic mass is 10.1. The van der Waals surface area contributed by atoms with Gasteiger partial charge in [-0.3, -0.25) is 9.10 Å². The number of anilines is 1. The molecule has 0 aromatic heterocycles. The van der Waals surface area contributed by atoms with Gasteiger partial charge in [0, 0.05) is 5.56 Å². The maximum atomic E-state index is 12.6. The summed E-state index contributed by atoms with van der Waals surface area (Å²) in [5, 5.41) is 2.85. The Kier molecular flexibility index (Phi) is 6.49. The maximum absolute atomic E-state index is 12.6. The quantitative estimate of drug-likeness (QED) is 0.789. The van der Waals surface area contributed by atoms with Crippen LogP contribution in [0.15, 0.2) is 42.5 Å². The predicted molar refractivity (Wildman–Crippen MR) is 108 cm³/mol. The zero-order chi connectivity index (χ0) is 20.2. The van der Waals surface area contributed by atoms with Crippen molar-refractivity contribution in [2.45, 2.75) is 26.8 Å². The summed E-state index contributed by atoms with van der Waals surface area (Å²) in [6.45, 7) is 5.30. The second kappa shape index (κ2) is 8.43. The number of hydrogen-bond donors (Lipinski definition) is 1. The number of hydrogen-bond acceptors (Lipinski definition) is 4. The third-order valence-corrected chi connectivity index (χ3v) is 5.42. The van der Waals surface area contributed by atoms with Gasteiger partial charge in [-0.2, -0.15) is 0 Å². The first-order valence-corrected chi connectivity index (χ1v) is 10.5. The predicted octanol–water partition coefficient (Wildman–Crippen LogP) is 2.96. The zero-order valence-corrected chi connectivity index (χ0v) is 17.1. The molecule has 0 radical (unpaired) electrons. The molecule has 0 aliphatic heterocycles. The van der Waals surface area contributed by atoms with Crippen LogP contribution in [-0.4, -0.2) is 34.2 Å². The standard InChI is InChI=1S/C20H26N2O4S/c1-14-10-11-18(15(2)12-14)22(27(5,24)25)13-20(23)21-16(3)17-8-6-7-9-19(17)26-4/h6-12,16H,13H2,1-5H3,(H,21,23)/t16-/m0/s1. The van der Waals surface area contributed by atoms with E-state index in [-0.39, 0.29) is 18.5 Å². The number of benzene rings is 2. The van der Waals surface area contributed by atoms with Crippen LogP contribution in [0.4, 0.5) is 5.69 Å². The molecule has 0 saturated heterocycles. The van der Waals surface area contributed by atoms with Gasteiger partial charge in [0.2, 0.25) is 15.9 Å². The number of ether oxygens (including phenoxy) is 1. The van der Waals surface area contributed by atoms with Crippen LogP contribution in [0.5, 0.6) is 5.75 Å². The summed E-state index contributed by atoms with van der Waals surface area (Å²) in [6.07, 6.45) is 1.10. The van der Waals surface area contributed by atoms with Crippen molar-refractivity contribution in [1.82, 2.24) is 5.32 Å². The number of nitrogens with zero attached hydrogens (tertiary/aromatic N) is 1. The van der Waals surface area contributed by atoms with Crippen molar-refractivity contribution in [2.75, 3.05) is 24.2 Å². The van der Waals surface area contributed by atoms with Crippen molar-refractivity contribution in [2.24, 2.45) is 0 Å². The number of para-hydroxylation sites is 1. The smallest absolute Gasteiger partial charge is 0.241 e. The molecule has 1 amide bonds. The third kappa shape index (κ3) is 5.23. The summed E-state index contributed by atoms with van der Waals surface area (Å²) in [5.74, 6) is 0.276. The van der Waals surface area contributed by atoms with Gasteiger partial charge in [-0.1, -0.05) is 35.9 Å². The first-order valence-electron chi connectivity index (χ1n) is 8.60. The molecule has 7 heteroatoms. The van der Waals surface area contributed by atoms with E-state index in [4.69, 9.17) is 4.74 Å². The monoisotopic (exact) mass is 390 g/mol. The van der Waals surface area contributed by atoms with E-state index >= 15 is 0 Å². The number of sulfonamides is 1. The number of rotatable bonds is 7. The molecular weight excluding hydrogens is 364 g/mol. The Hall–Kier alpha value is -2.54. The lowest BCUT2D eigenvalue weighted by Crippen LogP contribution is -2.41. The average molecular weight is 391 g/mol. The Bertz CT molecular complexity index is 925. The highest BCUT2D eigenvalue weighted by Gasteiger charge is 2.23. The van der Waals surface area contributed by atoms with E-state index in [0.29, 0.717) is 11.4 Å². The highest BCUT2D eigenvalue weighted by Crippen LogP contribution is 2.25. The van der Waals surface area contributed by atoms with Crippen LogP contribution in [0.1, 0.15) is 29.7 Å². The van der Waals surface area contributed by atoms with Crippen molar-refractivity contribution in [1.29, 1.82) is 0 Å². The second-order valence-electron chi connectivity index (χ2n) is 6.59. The number of nitrogens with one attached hydrogen (secondary N) is 1. The fourth-order valence-electron chi connectivity index (χ4n) is 2.99. The van der Waals surface area contributed by atoms with E-state index < -0.39 is 10.0 Å². The molecule has 0 spiro atoms. The van der Waals surface area contributed by atoms with Gasteiger partial charge in [0.25, 0.3) is 0 Å². The Morgan fingerprint density at radius 3 is 2.44 bits per heavy atom. The van der Waals surface area contributed by atoms with Crippen LogP contribution < -0.4 is 14.4 Å². The molecule has 2 aromatic carbocycles. The Balaban J connectivity index is 2.22. The number of amides is 1. The van der Waals surface area contributed by atoms with E-state index in [1.54, 1.807) is 13.2 Å². The van der Waals surface area contributed by atoms with Crippen molar-refractivity contribution < 1.29 is 17.9 Å². The minimum absolute atomic E-state index is 0.289. The number of aryl methyl sites for hydroxylation is 2. The molecule has 6 nitrogen and oxygen atoms in total. The highest BCUT2D eigenvalue weighted by molar-refractivity contribution is 7.92. The van der Waals surface area contributed by atoms with Crippen LogP contribution in [-0.2, 0) is 14.8 Å². The van der Waals surface area contributed by atoms with Gasteiger partial charge in [-0.05, 0) is 38.5 Å². The Morgan fingerprint density at radius 2 is 1.85 bits per heavy atom. The maximum Gasteiger partial charge on any atom is 0.241 e. The van der Waals surface area contributed by atoms with Gasteiger partial charge in [0.05, 0.1) is 25.1 Å². The molecule has 0 unspecified atom stereocenters. The van der Waals surface area contributed by atoms with E-state index in [1.807, 2.05) is 57.2 Å². The van der Waals surface area contributed by atoms with Crippen LogP contribution >= 0.6 is 0 Å². The van der Waals surface area contributed by atoms with Gasteiger partial charge in [0.1, 0.15) is 12.3 Å². The molecule has 2 aromatic rings. The van der Waals surface area contributed by atoms with Crippen LogP contribution in [0.2, 0.25) is 0 Å². The first-order chi connectivity index (χ1) is 12.6. The third-order valence-electron chi connectivity index (χ3n) is 4.29. The van der Waals surface area contributed by atoms with Crippen LogP contribution in [0.25, 0.3) is 0 Å². The van der Waals surface area contributed by atoms with E-state index in [1.165, 1.54) is 0 Å². The molecule has 0 bridgehead atoms. The van der Waals surface area contributed by atoms with Gasteiger partial charge < -0.3 is 10.1 Å². The lowest BCUT2D eigenvalue weighted by Gasteiger charge is -2.25. The second-order valence-corrected chi connectivity index (χ2v) is 8.50. The van der Waals surface area contributed by atoms with Gasteiger partial charge in [-0.15, -0.1) is 0 Å². The number of carbonyl (C=O) groups excluding carboxylic acids is 1. The molecule has 2 rings (SSSR count). The van der Waals surface area contributed by atoms with E-state index in [9.17, 15) is 13.2 Å². The Morgan fingerprint density at radius 1 is 1.19 bits per heavy atom. The summed E-state index contributed by atoms with van der Waals surface area (Å²) < 4.78 is 31.0. The average Bonchev–Trinajstić information content (AvgIpc) is 2.59. The van der Waals surface area contributed by atoms with Crippen molar-refractivity contribution in [3.05, 3.63) is 59.2 Å².